The Labute approximate surface area is 214 Å². The third-order valence-corrected chi connectivity index (χ3v) is 7.57. The van der Waals surface area contributed by atoms with Gasteiger partial charge in [0.25, 0.3) is 5.91 Å². The molecule has 4 N–H and O–H groups in total. The molecule has 2 aromatic heterocycles. The number of nitrogens with one attached hydrogen (secondary N) is 2. The van der Waals surface area contributed by atoms with Crippen LogP contribution >= 0.6 is 0 Å². The lowest BCUT2D eigenvalue weighted by atomic mass is 10.1. The molecular weight excluding hydrogens is 494 g/mol. The minimum Gasteiger partial charge on any atom is -0.495 e. The summed E-state index contributed by atoms with van der Waals surface area (Å²) < 4.78 is 30.9. The molecule has 12 heteroatoms. The highest BCUT2D eigenvalue weighted by Crippen LogP contribution is 2.37. The van der Waals surface area contributed by atoms with Crippen LogP contribution in [0.25, 0.3) is 22.3 Å². The van der Waals surface area contributed by atoms with Gasteiger partial charge in [-0.15, -0.1) is 0 Å². The average Bonchev–Trinajstić information content (AvgIpc) is 3.30. The van der Waals surface area contributed by atoms with Gasteiger partial charge in [0.05, 0.1) is 29.1 Å². The molecule has 3 heterocycles. The van der Waals surface area contributed by atoms with E-state index in [1.165, 1.54) is 37.7 Å². The molecule has 1 saturated heterocycles. The van der Waals surface area contributed by atoms with Crippen LogP contribution < -0.4 is 21.1 Å². The Morgan fingerprint density at radius 3 is 2.54 bits per heavy atom. The van der Waals surface area contributed by atoms with Crippen LogP contribution in [0.15, 0.2) is 53.7 Å². The fourth-order valence-corrected chi connectivity index (χ4v) is 5.12. The highest BCUT2D eigenvalue weighted by atomic mass is 32.2. The maximum Gasteiger partial charge on any atom is 0.255 e. The number of carbonyl (C=O) groups is 1. The smallest absolute Gasteiger partial charge is 0.255 e. The Bertz CT molecular complexity index is 1580. The van der Waals surface area contributed by atoms with Gasteiger partial charge in [-0.2, -0.15) is 5.10 Å². The maximum absolute atomic E-state index is 12.8. The second kappa shape index (κ2) is 9.79. The number of hydrogen-bond donors (Lipinski definition) is 3. The van der Waals surface area contributed by atoms with E-state index < -0.39 is 15.7 Å². The first kappa shape index (κ1) is 24.7. The standard InChI is InChI=1S/C25H27N7O4S/c1-36-20-13-16(5-8-19(20)30-25(33)15-3-6-18(7-4-15)37(2,34)35)22-21-23(26)28-14-29-24(21)32(31-22)17-9-11-27-12-10-17/h3-8,13-14,17,27H,9-12H2,1-2H3,(H,30,33)(H2,26,28,29). The van der Waals surface area contributed by atoms with Gasteiger partial charge in [-0.3, -0.25) is 4.79 Å². The van der Waals surface area contributed by atoms with Crippen molar-refractivity contribution in [2.45, 2.75) is 23.8 Å². The predicted molar refractivity (Wildman–Crippen MR) is 140 cm³/mol. The van der Waals surface area contributed by atoms with Crippen LogP contribution in [0.2, 0.25) is 0 Å². The number of carbonyl (C=O) groups excluding carboxylic acids is 1. The normalized spacial score (nSPS) is 14.5. The molecule has 1 fully saturated rings. The van der Waals surface area contributed by atoms with E-state index in [1.807, 2.05) is 10.7 Å². The number of fused-ring (bicyclic) bond motifs is 1. The van der Waals surface area contributed by atoms with E-state index in [9.17, 15) is 13.2 Å². The topological polar surface area (TPSA) is 154 Å². The fraction of sp³-hybridized carbons (Fsp3) is 0.280. The molecule has 4 aromatic rings. The van der Waals surface area contributed by atoms with Gasteiger partial charge in [0.2, 0.25) is 0 Å². The zero-order valence-corrected chi connectivity index (χ0v) is 21.2. The number of hydrogen-bond acceptors (Lipinski definition) is 9. The average molecular weight is 522 g/mol. The number of nitrogens with zero attached hydrogens (tertiary/aromatic N) is 4. The van der Waals surface area contributed by atoms with Crippen LogP contribution in [0.5, 0.6) is 5.75 Å². The summed E-state index contributed by atoms with van der Waals surface area (Å²) in [7, 11) is -1.84. The van der Waals surface area contributed by atoms with Crippen molar-refractivity contribution in [2.24, 2.45) is 0 Å². The Hall–Kier alpha value is -4.03. The number of nitrogen functional groups attached to an aromatic ring is 1. The number of nitrogens with two attached hydrogens (primary N) is 1. The highest BCUT2D eigenvalue weighted by Gasteiger charge is 2.24. The lowest BCUT2D eigenvalue weighted by Gasteiger charge is -2.23. The molecular formula is C25H27N7O4S. The molecule has 2 aromatic carbocycles. The number of methoxy groups -OCH3 is 1. The molecule has 37 heavy (non-hydrogen) atoms. The molecule has 0 saturated carbocycles. The first-order valence-corrected chi connectivity index (χ1v) is 13.6. The molecule has 1 aliphatic heterocycles. The Morgan fingerprint density at radius 1 is 1.14 bits per heavy atom. The largest absolute Gasteiger partial charge is 0.495 e. The van der Waals surface area contributed by atoms with Crippen molar-refractivity contribution in [3.8, 4) is 17.0 Å². The molecule has 0 spiro atoms. The molecule has 11 nitrogen and oxygen atoms in total. The SMILES string of the molecule is COc1cc(-c2nn(C3CCNCC3)c3ncnc(N)c23)ccc1NC(=O)c1ccc(S(C)(=O)=O)cc1. The maximum atomic E-state index is 12.8. The fourth-order valence-electron chi connectivity index (χ4n) is 4.49. The molecule has 0 bridgehead atoms. The number of ether oxygens (including phenoxy) is 1. The molecule has 0 atom stereocenters. The lowest BCUT2D eigenvalue weighted by Crippen LogP contribution is -2.30. The van der Waals surface area contributed by atoms with Crippen LogP contribution in [0.1, 0.15) is 29.2 Å². The van der Waals surface area contributed by atoms with Crippen molar-refractivity contribution in [3.05, 3.63) is 54.4 Å². The summed E-state index contributed by atoms with van der Waals surface area (Å²) >= 11 is 0. The van der Waals surface area contributed by atoms with Crippen molar-refractivity contribution < 1.29 is 17.9 Å². The monoisotopic (exact) mass is 521 g/mol. The highest BCUT2D eigenvalue weighted by molar-refractivity contribution is 7.90. The molecule has 0 aliphatic carbocycles. The second-order valence-corrected chi connectivity index (χ2v) is 10.9. The molecule has 0 unspecified atom stereocenters. The zero-order valence-electron chi connectivity index (χ0n) is 20.4. The summed E-state index contributed by atoms with van der Waals surface area (Å²) in [5.41, 5.74) is 9.10. The molecule has 1 aliphatic rings. The Morgan fingerprint density at radius 2 is 1.86 bits per heavy atom. The van der Waals surface area contributed by atoms with Gasteiger partial charge in [0.1, 0.15) is 23.6 Å². The summed E-state index contributed by atoms with van der Waals surface area (Å²) in [5.74, 6) is 0.372. The van der Waals surface area contributed by atoms with Crippen molar-refractivity contribution in [3.63, 3.8) is 0 Å². The van der Waals surface area contributed by atoms with Crippen LogP contribution in [0.3, 0.4) is 0 Å². The van der Waals surface area contributed by atoms with E-state index >= 15 is 0 Å². The van der Waals surface area contributed by atoms with Gasteiger partial charge in [-0.1, -0.05) is 6.07 Å². The Balaban J connectivity index is 1.48. The van der Waals surface area contributed by atoms with E-state index in [0.717, 1.165) is 37.8 Å². The summed E-state index contributed by atoms with van der Waals surface area (Å²) in [6.07, 6.45) is 4.43. The minimum absolute atomic E-state index is 0.144. The van der Waals surface area contributed by atoms with Gasteiger partial charge >= 0.3 is 0 Å². The molecule has 1 amide bonds. The van der Waals surface area contributed by atoms with E-state index in [1.54, 1.807) is 12.1 Å². The predicted octanol–water partition coefficient (Wildman–Crippen LogP) is 2.66. The molecule has 192 valence electrons. The van der Waals surface area contributed by atoms with Crippen LogP contribution in [-0.2, 0) is 9.84 Å². The number of piperidine rings is 1. The van der Waals surface area contributed by atoms with Crippen molar-refractivity contribution >= 4 is 38.3 Å². The lowest BCUT2D eigenvalue weighted by molar-refractivity contribution is 0.102. The first-order chi connectivity index (χ1) is 17.8. The van der Waals surface area contributed by atoms with Crippen LogP contribution in [-0.4, -0.2) is 60.5 Å². The summed E-state index contributed by atoms with van der Waals surface area (Å²) in [5, 5.41) is 11.8. The molecule has 0 radical (unpaired) electrons. The third kappa shape index (κ3) is 4.85. The summed E-state index contributed by atoms with van der Waals surface area (Å²) in [4.78, 5) is 21.6. The van der Waals surface area contributed by atoms with Gasteiger partial charge in [-0.05, 0) is 62.3 Å². The summed E-state index contributed by atoms with van der Waals surface area (Å²) in [6.45, 7) is 1.81. The van der Waals surface area contributed by atoms with Crippen LogP contribution in [0.4, 0.5) is 11.5 Å². The van der Waals surface area contributed by atoms with Crippen molar-refractivity contribution in [1.29, 1.82) is 0 Å². The van der Waals surface area contributed by atoms with Gasteiger partial charge in [-0.25, -0.2) is 23.1 Å². The second-order valence-electron chi connectivity index (χ2n) is 8.90. The first-order valence-electron chi connectivity index (χ1n) is 11.8. The van der Waals surface area contributed by atoms with Crippen molar-refractivity contribution in [2.75, 3.05) is 37.5 Å². The van der Waals surface area contributed by atoms with Gasteiger partial charge in [0.15, 0.2) is 15.5 Å². The number of amides is 1. The third-order valence-electron chi connectivity index (χ3n) is 6.44. The van der Waals surface area contributed by atoms with Gasteiger partial charge < -0.3 is 21.1 Å². The zero-order chi connectivity index (χ0) is 26.2. The number of aromatic nitrogens is 4. The van der Waals surface area contributed by atoms with Crippen molar-refractivity contribution in [1.82, 2.24) is 25.1 Å². The number of sulfone groups is 1. The summed E-state index contributed by atoms with van der Waals surface area (Å²) in [6, 6.07) is 11.3. The van der Waals surface area contributed by atoms with E-state index in [0.29, 0.717) is 39.5 Å². The minimum atomic E-state index is -3.35. The quantitative estimate of drug-likeness (QED) is 0.347. The number of benzene rings is 2. The Kier molecular flexibility index (Phi) is 6.52. The van der Waals surface area contributed by atoms with Crippen LogP contribution in [0, 0.1) is 0 Å². The number of rotatable bonds is 6. The molecule has 5 rings (SSSR count). The van der Waals surface area contributed by atoms with E-state index in [2.05, 4.69) is 20.6 Å². The number of anilines is 2. The van der Waals surface area contributed by atoms with E-state index in [4.69, 9.17) is 15.6 Å². The van der Waals surface area contributed by atoms with E-state index in [-0.39, 0.29) is 10.9 Å². The van der Waals surface area contributed by atoms with Gasteiger partial charge in [0, 0.05) is 17.4 Å².